The van der Waals surface area contributed by atoms with Gasteiger partial charge in [0.05, 0.1) is 5.52 Å². The second-order valence-corrected chi connectivity index (χ2v) is 4.79. The second-order valence-electron chi connectivity index (χ2n) is 3.87. The van der Waals surface area contributed by atoms with E-state index in [2.05, 4.69) is 15.3 Å². The Balaban J connectivity index is 1.93. The number of aromatic nitrogens is 2. The Labute approximate surface area is 111 Å². The van der Waals surface area contributed by atoms with Crippen molar-refractivity contribution in [1.82, 2.24) is 9.97 Å². The summed E-state index contributed by atoms with van der Waals surface area (Å²) in [6, 6.07) is 10.5. The van der Waals surface area contributed by atoms with Crippen LogP contribution in [0.25, 0.3) is 10.2 Å². The molecule has 0 spiro atoms. The number of nitrogens with zero attached hydrogens (tertiary/aromatic N) is 1. The minimum atomic E-state index is -0.307. The number of H-pyrrole nitrogens is 1. The molecule has 2 N–H and O–H groups in total. The van der Waals surface area contributed by atoms with Gasteiger partial charge in [0.1, 0.15) is 4.70 Å². The first-order valence-electron chi connectivity index (χ1n) is 5.58. The third kappa shape index (κ3) is 2.25. The number of fused-ring (bicyclic) bond motifs is 1. The van der Waals surface area contributed by atoms with Crippen LogP contribution in [-0.2, 0) is 0 Å². The topological polar surface area (TPSA) is 74.8 Å². The molecule has 1 amide bonds. The maximum atomic E-state index is 11.9. The van der Waals surface area contributed by atoms with Gasteiger partial charge in [0, 0.05) is 5.56 Å². The SMILES string of the molecule is O=C(Nc1nc2ccsc2c(=O)[nH]1)c1ccccc1. The normalized spacial score (nSPS) is 10.5. The van der Waals surface area contributed by atoms with E-state index in [0.29, 0.717) is 15.8 Å². The van der Waals surface area contributed by atoms with Crippen molar-refractivity contribution in [3.05, 3.63) is 57.7 Å². The molecule has 0 aliphatic heterocycles. The van der Waals surface area contributed by atoms with E-state index < -0.39 is 0 Å². The molecule has 6 heteroatoms. The largest absolute Gasteiger partial charge is 0.292 e. The molecule has 0 radical (unpaired) electrons. The van der Waals surface area contributed by atoms with E-state index in [-0.39, 0.29) is 17.4 Å². The van der Waals surface area contributed by atoms with Crippen LogP contribution in [0.4, 0.5) is 5.95 Å². The van der Waals surface area contributed by atoms with Gasteiger partial charge in [-0.1, -0.05) is 18.2 Å². The lowest BCUT2D eigenvalue weighted by atomic mass is 10.2. The first kappa shape index (κ1) is 11.6. The first-order valence-corrected chi connectivity index (χ1v) is 6.46. The molecule has 2 aromatic heterocycles. The molecule has 3 rings (SSSR count). The van der Waals surface area contributed by atoms with E-state index in [9.17, 15) is 9.59 Å². The van der Waals surface area contributed by atoms with E-state index in [1.165, 1.54) is 11.3 Å². The molecule has 3 aromatic rings. The standard InChI is InChI=1S/C13H9N3O2S/c17-11(8-4-2-1-3-5-8)15-13-14-9-6-7-19-10(9)12(18)16-13/h1-7H,(H2,14,15,16,17,18). The van der Waals surface area contributed by atoms with Gasteiger partial charge >= 0.3 is 0 Å². The molecule has 0 bridgehead atoms. The molecule has 0 aliphatic carbocycles. The van der Waals surface area contributed by atoms with Gasteiger partial charge in [-0.3, -0.25) is 19.9 Å². The number of hydrogen-bond acceptors (Lipinski definition) is 4. The van der Waals surface area contributed by atoms with E-state index in [1.54, 1.807) is 35.7 Å². The monoisotopic (exact) mass is 271 g/mol. The molecule has 2 heterocycles. The average molecular weight is 271 g/mol. The molecule has 19 heavy (non-hydrogen) atoms. The van der Waals surface area contributed by atoms with Crippen LogP contribution < -0.4 is 10.9 Å². The number of hydrogen-bond donors (Lipinski definition) is 2. The number of anilines is 1. The van der Waals surface area contributed by atoms with Gasteiger partial charge in [-0.25, -0.2) is 4.98 Å². The van der Waals surface area contributed by atoms with Gasteiger partial charge < -0.3 is 0 Å². The number of benzene rings is 1. The van der Waals surface area contributed by atoms with Crippen LogP contribution in [0.3, 0.4) is 0 Å². The highest BCUT2D eigenvalue weighted by Crippen LogP contribution is 2.15. The van der Waals surface area contributed by atoms with E-state index in [0.717, 1.165) is 0 Å². The molecular formula is C13H9N3O2S. The van der Waals surface area contributed by atoms with Crippen LogP contribution in [-0.4, -0.2) is 15.9 Å². The maximum absolute atomic E-state index is 11.9. The molecule has 0 saturated heterocycles. The van der Waals surface area contributed by atoms with E-state index in [1.807, 2.05) is 6.07 Å². The van der Waals surface area contributed by atoms with Crippen molar-refractivity contribution in [2.24, 2.45) is 0 Å². The van der Waals surface area contributed by atoms with Crippen LogP contribution in [0.5, 0.6) is 0 Å². The van der Waals surface area contributed by atoms with Gasteiger partial charge in [0.15, 0.2) is 0 Å². The summed E-state index contributed by atoms with van der Waals surface area (Å²) in [7, 11) is 0. The van der Waals surface area contributed by atoms with Gasteiger partial charge in [-0.05, 0) is 23.6 Å². The average Bonchev–Trinajstić information content (AvgIpc) is 2.88. The molecular weight excluding hydrogens is 262 g/mol. The molecule has 0 atom stereocenters. The van der Waals surface area contributed by atoms with Crippen molar-refractivity contribution in [1.29, 1.82) is 0 Å². The molecule has 0 aliphatic rings. The fourth-order valence-corrected chi connectivity index (χ4v) is 2.43. The summed E-state index contributed by atoms with van der Waals surface area (Å²) >= 11 is 1.32. The summed E-state index contributed by atoms with van der Waals surface area (Å²) in [5.41, 5.74) is 0.844. The van der Waals surface area contributed by atoms with Crippen LogP contribution in [0.2, 0.25) is 0 Å². The number of carbonyl (C=O) groups is 1. The highest BCUT2D eigenvalue weighted by Gasteiger charge is 2.09. The van der Waals surface area contributed by atoms with Gasteiger partial charge in [-0.2, -0.15) is 0 Å². The summed E-state index contributed by atoms with van der Waals surface area (Å²) in [4.78, 5) is 30.4. The molecule has 5 nitrogen and oxygen atoms in total. The lowest BCUT2D eigenvalue weighted by Gasteiger charge is -2.03. The highest BCUT2D eigenvalue weighted by molar-refractivity contribution is 7.17. The fourth-order valence-electron chi connectivity index (χ4n) is 1.70. The van der Waals surface area contributed by atoms with Crippen LogP contribution >= 0.6 is 11.3 Å². The molecule has 0 unspecified atom stereocenters. The number of amides is 1. The van der Waals surface area contributed by atoms with Crippen molar-refractivity contribution in [3.8, 4) is 0 Å². The van der Waals surface area contributed by atoms with E-state index in [4.69, 9.17) is 0 Å². The predicted octanol–water partition coefficient (Wildman–Crippen LogP) is 2.24. The summed E-state index contributed by atoms with van der Waals surface area (Å²) in [6.07, 6.45) is 0. The van der Waals surface area contributed by atoms with Crippen molar-refractivity contribution in [2.75, 3.05) is 5.32 Å². The zero-order chi connectivity index (χ0) is 13.2. The van der Waals surface area contributed by atoms with Gasteiger partial charge in [0.25, 0.3) is 11.5 Å². The first-order chi connectivity index (χ1) is 9.24. The number of carbonyl (C=O) groups excluding carboxylic acids is 1. The van der Waals surface area contributed by atoms with E-state index >= 15 is 0 Å². The number of aromatic amines is 1. The quantitative estimate of drug-likeness (QED) is 0.750. The van der Waals surface area contributed by atoms with Crippen molar-refractivity contribution < 1.29 is 4.79 Å². The summed E-state index contributed by atoms with van der Waals surface area (Å²) in [5, 5.41) is 4.37. The van der Waals surface area contributed by atoms with Crippen molar-refractivity contribution >= 4 is 33.4 Å². The number of nitrogens with one attached hydrogen (secondary N) is 2. The van der Waals surface area contributed by atoms with Gasteiger partial charge in [0.2, 0.25) is 5.95 Å². The summed E-state index contributed by atoms with van der Waals surface area (Å²) < 4.78 is 0.553. The zero-order valence-electron chi connectivity index (χ0n) is 9.71. The Bertz CT molecular complexity index is 792. The van der Waals surface area contributed by atoms with Crippen molar-refractivity contribution in [3.63, 3.8) is 0 Å². The minimum Gasteiger partial charge on any atom is -0.292 e. The van der Waals surface area contributed by atoms with Gasteiger partial charge in [-0.15, -0.1) is 11.3 Å². The van der Waals surface area contributed by atoms with Crippen LogP contribution in [0.1, 0.15) is 10.4 Å². The Kier molecular flexibility index (Phi) is 2.85. The minimum absolute atomic E-state index is 0.157. The zero-order valence-corrected chi connectivity index (χ0v) is 10.5. The summed E-state index contributed by atoms with van der Waals surface area (Å²) in [5.74, 6) is -0.150. The maximum Gasteiger partial charge on any atom is 0.270 e. The van der Waals surface area contributed by atoms with Crippen LogP contribution in [0, 0.1) is 0 Å². The lowest BCUT2D eigenvalue weighted by Crippen LogP contribution is -2.17. The third-order valence-corrected chi connectivity index (χ3v) is 3.49. The molecule has 0 fully saturated rings. The number of thiophene rings is 1. The summed E-state index contributed by atoms with van der Waals surface area (Å²) in [6.45, 7) is 0. The van der Waals surface area contributed by atoms with Crippen molar-refractivity contribution in [2.45, 2.75) is 0 Å². The lowest BCUT2D eigenvalue weighted by molar-refractivity contribution is 0.102. The fraction of sp³-hybridized carbons (Fsp3) is 0. The Morgan fingerprint density at radius 2 is 2.00 bits per heavy atom. The highest BCUT2D eigenvalue weighted by atomic mass is 32.1. The third-order valence-electron chi connectivity index (χ3n) is 2.58. The molecule has 94 valence electrons. The molecule has 1 aromatic carbocycles. The Morgan fingerprint density at radius 3 is 2.79 bits per heavy atom. The Hall–Kier alpha value is -2.47. The van der Waals surface area contributed by atoms with Crippen LogP contribution in [0.15, 0.2) is 46.6 Å². The molecule has 0 saturated carbocycles. The predicted molar refractivity (Wildman–Crippen MR) is 74.6 cm³/mol. The smallest absolute Gasteiger partial charge is 0.270 e. The number of rotatable bonds is 2. The second kappa shape index (κ2) is 4.66. The Morgan fingerprint density at radius 1 is 1.21 bits per heavy atom.